The zero-order chi connectivity index (χ0) is 26.8. The number of aromatic nitrogens is 2. The van der Waals surface area contributed by atoms with Crippen LogP contribution in [0, 0.1) is 6.92 Å². The van der Waals surface area contributed by atoms with E-state index in [1.165, 1.54) is 10.9 Å². The van der Waals surface area contributed by atoms with Gasteiger partial charge in [-0.25, -0.2) is 9.78 Å². The molecule has 6 nitrogen and oxygen atoms in total. The first-order valence-corrected chi connectivity index (χ1v) is 13.4. The van der Waals surface area contributed by atoms with E-state index in [0.717, 1.165) is 15.6 Å². The molecule has 0 fully saturated rings. The predicted molar refractivity (Wildman–Crippen MR) is 157 cm³/mol. The second-order valence-corrected chi connectivity index (χ2v) is 10.6. The summed E-state index contributed by atoms with van der Waals surface area (Å²) in [7, 11) is 0. The van der Waals surface area contributed by atoms with E-state index in [4.69, 9.17) is 21.3 Å². The molecule has 0 amide bonds. The summed E-state index contributed by atoms with van der Waals surface area (Å²) < 4.78 is 8.24. The number of rotatable bonds is 5. The van der Waals surface area contributed by atoms with Gasteiger partial charge in [-0.05, 0) is 71.4 Å². The van der Waals surface area contributed by atoms with Gasteiger partial charge in [0.15, 0.2) is 11.6 Å². The summed E-state index contributed by atoms with van der Waals surface area (Å²) in [5.41, 5.74) is 2.86. The van der Waals surface area contributed by atoms with Crippen LogP contribution in [0.1, 0.15) is 21.5 Å². The van der Waals surface area contributed by atoms with Crippen molar-refractivity contribution >= 4 is 66.5 Å². The molecule has 9 heteroatoms. The van der Waals surface area contributed by atoms with E-state index in [9.17, 15) is 9.59 Å². The monoisotopic (exact) mass is 649 g/mol. The van der Waals surface area contributed by atoms with Crippen molar-refractivity contribution in [1.82, 2.24) is 9.66 Å². The highest BCUT2D eigenvalue weighted by atomic mass is 79.9. The average molecular weight is 652 g/mol. The van der Waals surface area contributed by atoms with Gasteiger partial charge < -0.3 is 4.74 Å². The van der Waals surface area contributed by atoms with Crippen molar-refractivity contribution in [3.63, 3.8) is 0 Å². The number of hydrogen-bond donors (Lipinski definition) is 0. The zero-order valence-electron chi connectivity index (χ0n) is 19.9. The summed E-state index contributed by atoms with van der Waals surface area (Å²) in [4.78, 5) is 31.1. The quantitative estimate of drug-likeness (QED) is 0.111. The Kier molecular flexibility index (Phi) is 7.56. The standard InChI is InChI=1S/C29H18Br2ClN3O3/c1-17-6-8-18(9-7-17)27-34-25-5-3-2-4-23(25)28(36)35(27)33-16-20-14-21(30)15-24(31)26(20)38-29(37)19-10-12-22(32)13-11-19/h2-16H,1H3. The highest BCUT2D eigenvalue weighted by Crippen LogP contribution is 2.33. The number of aryl methyl sites for hydroxylation is 1. The Morgan fingerprint density at radius 3 is 2.45 bits per heavy atom. The van der Waals surface area contributed by atoms with Crippen molar-refractivity contribution in [1.29, 1.82) is 0 Å². The normalized spacial score (nSPS) is 11.3. The summed E-state index contributed by atoms with van der Waals surface area (Å²) >= 11 is 12.9. The number of esters is 1. The second kappa shape index (κ2) is 11.0. The van der Waals surface area contributed by atoms with Gasteiger partial charge in [-0.15, -0.1) is 0 Å². The lowest BCUT2D eigenvalue weighted by molar-refractivity contribution is 0.0733. The van der Waals surface area contributed by atoms with E-state index < -0.39 is 5.97 Å². The van der Waals surface area contributed by atoms with Crippen LogP contribution in [0.15, 0.2) is 104 Å². The van der Waals surface area contributed by atoms with Crippen LogP contribution in [-0.2, 0) is 0 Å². The lowest BCUT2D eigenvalue weighted by Gasteiger charge is -2.12. The van der Waals surface area contributed by atoms with Gasteiger partial charge in [0.05, 0.1) is 27.2 Å². The minimum absolute atomic E-state index is 0.246. The number of hydrogen-bond acceptors (Lipinski definition) is 5. The topological polar surface area (TPSA) is 73.6 Å². The van der Waals surface area contributed by atoms with E-state index in [0.29, 0.717) is 37.3 Å². The molecule has 0 saturated carbocycles. The molecule has 0 bridgehead atoms. The molecular formula is C29H18Br2ClN3O3. The summed E-state index contributed by atoms with van der Waals surface area (Å²) in [6.07, 6.45) is 1.47. The number of nitrogens with zero attached hydrogens (tertiary/aromatic N) is 3. The van der Waals surface area contributed by atoms with Gasteiger partial charge in [0.2, 0.25) is 0 Å². The Labute approximate surface area is 239 Å². The Hall–Kier alpha value is -3.59. The second-order valence-electron chi connectivity index (χ2n) is 8.38. The van der Waals surface area contributed by atoms with Crippen LogP contribution in [0.25, 0.3) is 22.3 Å². The maximum absolute atomic E-state index is 13.5. The number of carbonyl (C=O) groups is 1. The molecule has 5 aromatic rings. The van der Waals surface area contributed by atoms with Gasteiger partial charge >= 0.3 is 5.97 Å². The van der Waals surface area contributed by atoms with Crippen LogP contribution < -0.4 is 10.3 Å². The number of ether oxygens (including phenoxy) is 1. The van der Waals surface area contributed by atoms with Gasteiger partial charge in [-0.2, -0.15) is 9.78 Å². The lowest BCUT2D eigenvalue weighted by Crippen LogP contribution is -2.20. The Morgan fingerprint density at radius 2 is 1.71 bits per heavy atom. The molecule has 0 unspecified atom stereocenters. The van der Waals surface area contributed by atoms with Crippen LogP contribution >= 0.6 is 43.5 Å². The minimum atomic E-state index is -0.566. The van der Waals surface area contributed by atoms with Gasteiger partial charge in [-0.3, -0.25) is 4.79 Å². The first-order valence-electron chi connectivity index (χ1n) is 11.4. The smallest absolute Gasteiger partial charge is 0.343 e. The van der Waals surface area contributed by atoms with Crippen molar-refractivity contribution < 1.29 is 9.53 Å². The molecule has 5 rings (SSSR count). The van der Waals surface area contributed by atoms with E-state index in [-0.39, 0.29) is 11.3 Å². The van der Waals surface area contributed by atoms with Crippen LogP contribution in [0.4, 0.5) is 0 Å². The van der Waals surface area contributed by atoms with Gasteiger partial charge in [-0.1, -0.05) is 69.5 Å². The third-order valence-electron chi connectivity index (χ3n) is 5.69. The fourth-order valence-electron chi connectivity index (χ4n) is 3.76. The first-order chi connectivity index (χ1) is 18.3. The first kappa shape index (κ1) is 26.0. The van der Waals surface area contributed by atoms with Gasteiger partial charge in [0.25, 0.3) is 5.56 Å². The summed E-state index contributed by atoms with van der Waals surface area (Å²) in [6.45, 7) is 1.99. The fourth-order valence-corrected chi connectivity index (χ4v) is 5.23. The highest BCUT2D eigenvalue weighted by Gasteiger charge is 2.17. The summed E-state index contributed by atoms with van der Waals surface area (Å²) in [5, 5.41) is 5.47. The van der Waals surface area contributed by atoms with Crippen molar-refractivity contribution in [3.05, 3.63) is 126 Å². The molecular weight excluding hydrogens is 634 g/mol. The SMILES string of the molecule is Cc1ccc(-c2nc3ccccc3c(=O)n2N=Cc2cc(Br)cc(Br)c2OC(=O)c2ccc(Cl)cc2)cc1. The molecule has 0 atom stereocenters. The Balaban J connectivity index is 1.62. The third kappa shape index (κ3) is 5.48. The van der Waals surface area contributed by atoms with Crippen molar-refractivity contribution in [2.24, 2.45) is 5.10 Å². The maximum Gasteiger partial charge on any atom is 0.343 e. The van der Waals surface area contributed by atoms with Crippen molar-refractivity contribution in [2.75, 3.05) is 0 Å². The summed E-state index contributed by atoms with van der Waals surface area (Å²) in [5.74, 6) is 0.0681. The molecule has 0 N–H and O–H groups in total. The Bertz CT molecular complexity index is 1770. The van der Waals surface area contributed by atoms with Crippen LogP contribution in [0.5, 0.6) is 5.75 Å². The molecule has 0 spiro atoms. The number of benzene rings is 4. The zero-order valence-corrected chi connectivity index (χ0v) is 23.8. The van der Waals surface area contributed by atoms with Gasteiger partial charge in [0, 0.05) is 20.6 Å². The van der Waals surface area contributed by atoms with Crippen molar-refractivity contribution in [2.45, 2.75) is 6.92 Å². The summed E-state index contributed by atoms with van der Waals surface area (Å²) in [6, 6.07) is 24.7. The maximum atomic E-state index is 13.5. The molecule has 0 saturated heterocycles. The number of carbonyl (C=O) groups excluding carboxylic acids is 1. The van der Waals surface area contributed by atoms with E-state index >= 15 is 0 Å². The number of fused-ring (bicyclic) bond motifs is 1. The van der Waals surface area contributed by atoms with Crippen LogP contribution in [-0.4, -0.2) is 21.8 Å². The molecule has 0 aliphatic carbocycles. The van der Waals surface area contributed by atoms with Crippen LogP contribution in [0.3, 0.4) is 0 Å². The molecule has 188 valence electrons. The van der Waals surface area contributed by atoms with Gasteiger partial charge in [0.1, 0.15) is 0 Å². The molecule has 0 radical (unpaired) electrons. The molecule has 4 aromatic carbocycles. The molecule has 0 aliphatic heterocycles. The van der Waals surface area contributed by atoms with Crippen LogP contribution in [0.2, 0.25) is 5.02 Å². The third-order valence-corrected chi connectivity index (χ3v) is 6.99. The largest absolute Gasteiger partial charge is 0.421 e. The Morgan fingerprint density at radius 1 is 1.00 bits per heavy atom. The lowest BCUT2D eigenvalue weighted by atomic mass is 10.1. The molecule has 0 aliphatic rings. The van der Waals surface area contributed by atoms with E-state index in [1.54, 1.807) is 54.6 Å². The number of para-hydroxylation sites is 1. The van der Waals surface area contributed by atoms with E-state index in [1.807, 2.05) is 37.3 Å². The molecule has 1 aromatic heterocycles. The average Bonchev–Trinajstić information content (AvgIpc) is 2.90. The van der Waals surface area contributed by atoms with Crippen molar-refractivity contribution in [3.8, 4) is 17.1 Å². The number of halogens is 3. The van der Waals surface area contributed by atoms with E-state index in [2.05, 4.69) is 37.0 Å². The minimum Gasteiger partial charge on any atom is -0.421 e. The predicted octanol–water partition coefficient (Wildman–Crippen LogP) is 7.65. The molecule has 1 heterocycles. The highest BCUT2D eigenvalue weighted by molar-refractivity contribution is 9.11. The molecule has 38 heavy (non-hydrogen) atoms. The fraction of sp³-hybridized carbons (Fsp3) is 0.0345.